The number of piperidine rings is 1. The first kappa shape index (κ1) is 19.7. The molecule has 2 amide bonds. The van der Waals surface area contributed by atoms with E-state index < -0.39 is 0 Å². The minimum absolute atomic E-state index is 0.0483. The maximum atomic E-state index is 11.5. The maximum Gasteiger partial charge on any atom is 0.248 e. The Kier molecular flexibility index (Phi) is 5.73. The molecule has 2 aliphatic heterocycles. The Morgan fingerprint density at radius 3 is 2.79 bits per heavy atom. The standard InChI is InChI=1S/C21H28N4O4/c1-23-11-16(28-14-21(23)27)12-24-8-5-15(6-9-24)29-19-4-2-3-18-17(19)7-10-25(18)13-20(22)26/h2-4,7,10,15-16H,5-6,8-9,11-14H2,1H3,(H2,22,26). The van der Waals surface area contributed by atoms with Gasteiger partial charge in [0, 0.05) is 44.8 Å². The van der Waals surface area contributed by atoms with E-state index >= 15 is 0 Å². The molecule has 0 bridgehead atoms. The average Bonchev–Trinajstić information content (AvgIpc) is 3.10. The van der Waals surface area contributed by atoms with Crippen molar-refractivity contribution in [3.63, 3.8) is 0 Å². The largest absolute Gasteiger partial charge is 0.490 e. The van der Waals surface area contributed by atoms with E-state index in [1.54, 1.807) is 4.90 Å². The number of primary amides is 1. The van der Waals surface area contributed by atoms with Gasteiger partial charge in [0.05, 0.1) is 11.6 Å². The number of carbonyl (C=O) groups excluding carboxylic acids is 2. The summed E-state index contributed by atoms with van der Waals surface area (Å²) in [5.74, 6) is 0.533. The van der Waals surface area contributed by atoms with Crippen LogP contribution in [0.15, 0.2) is 30.5 Å². The van der Waals surface area contributed by atoms with E-state index in [2.05, 4.69) is 4.90 Å². The van der Waals surface area contributed by atoms with Crippen molar-refractivity contribution in [2.45, 2.75) is 31.6 Å². The molecule has 4 rings (SSSR count). The van der Waals surface area contributed by atoms with E-state index in [1.165, 1.54) is 0 Å². The fraction of sp³-hybridized carbons (Fsp3) is 0.524. The molecule has 1 aromatic carbocycles. The molecule has 1 aromatic heterocycles. The normalized spacial score (nSPS) is 21.6. The lowest BCUT2D eigenvalue weighted by molar-refractivity contribution is -0.148. The summed E-state index contributed by atoms with van der Waals surface area (Å²) < 4.78 is 13.8. The lowest BCUT2D eigenvalue weighted by Gasteiger charge is -2.37. The molecule has 8 heteroatoms. The van der Waals surface area contributed by atoms with Crippen LogP contribution in [0.4, 0.5) is 0 Å². The van der Waals surface area contributed by atoms with Gasteiger partial charge in [-0.05, 0) is 31.0 Å². The summed E-state index contributed by atoms with van der Waals surface area (Å²) in [5, 5.41) is 1.000. The molecule has 0 aliphatic carbocycles. The van der Waals surface area contributed by atoms with Crippen LogP contribution in [0.1, 0.15) is 12.8 Å². The van der Waals surface area contributed by atoms with Crippen molar-refractivity contribution in [3.05, 3.63) is 30.5 Å². The summed E-state index contributed by atoms with van der Waals surface area (Å²) in [7, 11) is 1.83. The van der Waals surface area contributed by atoms with E-state index in [1.807, 2.05) is 42.1 Å². The maximum absolute atomic E-state index is 11.5. The third kappa shape index (κ3) is 4.54. The highest BCUT2D eigenvalue weighted by Crippen LogP contribution is 2.29. The van der Waals surface area contributed by atoms with Crippen LogP contribution >= 0.6 is 0 Å². The van der Waals surface area contributed by atoms with Crippen LogP contribution in [0.25, 0.3) is 10.9 Å². The second-order valence-corrected chi connectivity index (χ2v) is 7.92. The molecule has 1 unspecified atom stereocenters. The predicted molar refractivity (Wildman–Crippen MR) is 109 cm³/mol. The van der Waals surface area contributed by atoms with Gasteiger partial charge < -0.3 is 29.6 Å². The van der Waals surface area contributed by atoms with Gasteiger partial charge in [-0.2, -0.15) is 0 Å². The minimum Gasteiger partial charge on any atom is -0.490 e. The van der Waals surface area contributed by atoms with Crippen LogP contribution < -0.4 is 10.5 Å². The molecule has 8 nitrogen and oxygen atoms in total. The highest BCUT2D eigenvalue weighted by Gasteiger charge is 2.28. The Bertz CT molecular complexity index is 888. The molecule has 2 fully saturated rings. The first-order valence-corrected chi connectivity index (χ1v) is 10.1. The summed E-state index contributed by atoms with van der Waals surface area (Å²) in [6.45, 7) is 3.73. The van der Waals surface area contributed by atoms with Crippen LogP contribution in [0, 0.1) is 0 Å². The van der Waals surface area contributed by atoms with Gasteiger partial charge in [0.15, 0.2) is 0 Å². The zero-order valence-electron chi connectivity index (χ0n) is 16.8. The van der Waals surface area contributed by atoms with E-state index in [9.17, 15) is 9.59 Å². The first-order valence-electron chi connectivity index (χ1n) is 10.1. The fourth-order valence-electron chi connectivity index (χ4n) is 4.15. The molecule has 0 spiro atoms. The summed E-state index contributed by atoms with van der Waals surface area (Å²) in [6, 6.07) is 7.87. The molecule has 156 valence electrons. The molecule has 3 heterocycles. The van der Waals surface area contributed by atoms with Gasteiger partial charge in [-0.15, -0.1) is 0 Å². The Morgan fingerprint density at radius 2 is 2.07 bits per heavy atom. The van der Waals surface area contributed by atoms with Crippen molar-refractivity contribution in [2.75, 3.05) is 39.8 Å². The number of nitrogens with two attached hydrogens (primary N) is 1. The van der Waals surface area contributed by atoms with Gasteiger partial charge in [-0.25, -0.2) is 0 Å². The van der Waals surface area contributed by atoms with Crippen LogP contribution in [-0.2, 0) is 20.9 Å². The topological polar surface area (TPSA) is 90.0 Å². The summed E-state index contributed by atoms with van der Waals surface area (Å²) in [5.41, 5.74) is 6.28. The number of amides is 2. The number of hydrogen-bond acceptors (Lipinski definition) is 5. The van der Waals surface area contributed by atoms with Gasteiger partial charge in [0.1, 0.15) is 25.0 Å². The van der Waals surface area contributed by atoms with Gasteiger partial charge in [-0.3, -0.25) is 9.59 Å². The third-order valence-corrected chi connectivity index (χ3v) is 5.74. The second-order valence-electron chi connectivity index (χ2n) is 7.92. The molecule has 0 saturated carbocycles. The number of benzene rings is 1. The molecule has 2 N–H and O–H groups in total. The Balaban J connectivity index is 1.32. The number of carbonyl (C=O) groups is 2. The highest BCUT2D eigenvalue weighted by atomic mass is 16.5. The summed E-state index contributed by atoms with van der Waals surface area (Å²) >= 11 is 0. The van der Waals surface area contributed by atoms with Crippen LogP contribution in [0.3, 0.4) is 0 Å². The van der Waals surface area contributed by atoms with Crippen molar-refractivity contribution in [1.82, 2.24) is 14.4 Å². The molecule has 2 saturated heterocycles. The van der Waals surface area contributed by atoms with Crippen molar-refractivity contribution >= 4 is 22.7 Å². The van der Waals surface area contributed by atoms with Crippen LogP contribution in [-0.4, -0.2) is 78.2 Å². The monoisotopic (exact) mass is 400 g/mol. The van der Waals surface area contributed by atoms with E-state index in [4.69, 9.17) is 15.2 Å². The van der Waals surface area contributed by atoms with Gasteiger partial charge in [0.25, 0.3) is 0 Å². The number of likely N-dealkylation sites (tertiary alicyclic amines) is 1. The SMILES string of the molecule is CN1CC(CN2CCC(Oc3cccc4c3ccn4CC(N)=O)CC2)OCC1=O. The number of nitrogens with zero attached hydrogens (tertiary/aromatic N) is 3. The lowest BCUT2D eigenvalue weighted by atomic mass is 10.1. The quantitative estimate of drug-likeness (QED) is 0.776. The molecule has 1 atom stereocenters. The third-order valence-electron chi connectivity index (χ3n) is 5.74. The summed E-state index contributed by atoms with van der Waals surface area (Å²) in [6.07, 6.45) is 4.00. The molecular formula is C21H28N4O4. The first-order chi connectivity index (χ1) is 14.0. The molecule has 2 aromatic rings. The van der Waals surface area contributed by atoms with Crippen molar-refractivity contribution in [2.24, 2.45) is 5.73 Å². The second kappa shape index (κ2) is 8.42. The number of likely N-dealkylation sites (N-methyl/N-ethyl adjacent to an activating group) is 1. The van der Waals surface area contributed by atoms with E-state index in [0.29, 0.717) is 6.54 Å². The van der Waals surface area contributed by atoms with Gasteiger partial charge in [0.2, 0.25) is 11.8 Å². The molecular weight excluding hydrogens is 372 g/mol. The zero-order chi connectivity index (χ0) is 20.4. The van der Waals surface area contributed by atoms with Crippen molar-refractivity contribution in [3.8, 4) is 5.75 Å². The van der Waals surface area contributed by atoms with E-state index in [-0.39, 0.29) is 37.2 Å². The Morgan fingerprint density at radius 1 is 1.28 bits per heavy atom. The number of ether oxygens (including phenoxy) is 2. The van der Waals surface area contributed by atoms with E-state index in [0.717, 1.165) is 49.1 Å². The highest BCUT2D eigenvalue weighted by molar-refractivity contribution is 5.88. The zero-order valence-corrected chi connectivity index (χ0v) is 16.8. The number of hydrogen-bond donors (Lipinski definition) is 1. The smallest absolute Gasteiger partial charge is 0.248 e. The van der Waals surface area contributed by atoms with Gasteiger partial charge >= 0.3 is 0 Å². The molecule has 2 aliphatic rings. The molecule has 29 heavy (non-hydrogen) atoms. The summed E-state index contributed by atoms with van der Waals surface area (Å²) in [4.78, 5) is 26.9. The number of aromatic nitrogens is 1. The van der Waals surface area contributed by atoms with Crippen LogP contribution in [0.2, 0.25) is 0 Å². The van der Waals surface area contributed by atoms with Crippen molar-refractivity contribution < 1.29 is 19.1 Å². The Labute approximate surface area is 170 Å². The Hall–Kier alpha value is -2.58. The minimum atomic E-state index is -0.362. The van der Waals surface area contributed by atoms with Gasteiger partial charge in [-0.1, -0.05) is 6.07 Å². The fourth-order valence-corrected chi connectivity index (χ4v) is 4.15. The van der Waals surface area contributed by atoms with Crippen LogP contribution in [0.5, 0.6) is 5.75 Å². The number of rotatable bonds is 6. The molecule has 0 radical (unpaired) electrons. The lowest BCUT2D eigenvalue weighted by Crippen LogP contribution is -2.50. The van der Waals surface area contributed by atoms with Crippen molar-refractivity contribution in [1.29, 1.82) is 0 Å². The number of fused-ring (bicyclic) bond motifs is 1. The number of morpholine rings is 1. The predicted octanol–water partition coefficient (Wildman–Crippen LogP) is 0.827. The average molecular weight is 400 g/mol.